The third kappa shape index (κ3) is 4.54. The third-order valence-electron chi connectivity index (χ3n) is 8.48. The van der Waals surface area contributed by atoms with Crippen molar-refractivity contribution >= 4 is 38.6 Å². The molecule has 0 saturated carbocycles. The minimum Gasteiger partial charge on any atom is -0.310 e. The molecular weight excluding hydrogens is 579 g/mol. The number of nitrogens with zero attached hydrogens (tertiary/aromatic N) is 1. The Morgan fingerprint density at radius 3 is 2.06 bits per heavy atom. The van der Waals surface area contributed by atoms with Crippen LogP contribution in [0, 0.1) is 0 Å². The van der Waals surface area contributed by atoms with Crippen molar-refractivity contribution in [2.24, 2.45) is 0 Å². The molecule has 1 nitrogen and oxygen atoms in total. The summed E-state index contributed by atoms with van der Waals surface area (Å²) in [6.07, 6.45) is 0. The summed E-state index contributed by atoms with van der Waals surface area (Å²) in [6, 6.07) is -7.03. The third-order valence-corrected chi connectivity index (χ3v) is 8.48. The first-order chi connectivity index (χ1) is 33.1. The zero-order chi connectivity index (χ0) is 52.3. The highest BCUT2D eigenvalue weighted by Gasteiger charge is 2.35. The molecule has 0 atom stereocenters. The number of anilines is 3. The van der Waals surface area contributed by atoms with E-state index < -0.39 is 155 Å². The van der Waals surface area contributed by atoms with E-state index in [1.807, 2.05) is 0 Å². The smallest absolute Gasteiger partial charge is 0.0648 e. The Morgan fingerprint density at radius 1 is 0.458 bits per heavy atom. The normalized spacial score (nSPS) is 19.7. The molecule has 0 heterocycles. The summed E-state index contributed by atoms with van der Waals surface area (Å²) in [6.45, 7) is 3.09. The van der Waals surface area contributed by atoms with Crippen molar-refractivity contribution in [2.75, 3.05) is 4.90 Å². The van der Waals surface area contributed by atoms with E-state index in [0.717, 1.165) is 35.2 Å². The van der Waals surface area contributed by atoms with Gasteiger partial charge < -0.3 is 4.90 Å². The van der Waals surface area contributed by atoms with Crippen LogP contribution in [0.15, 0.2) is 175 Å². The van der Waals surface area contributed by atoms with Crippen molar-refractivity contribution in [3.8, 4) is 33.4 Å². The fourth-order valence-electron chi connectivity index (χ4n) is 6.17. The van der Waals surface area contributed by atoms with Gasteiger partial charge in [0.25, 0.3) is 0 Å². The van der Waals surface area contributed by atoms with Gasteiger partial charge in [-0.15, -0.1) is 0 Å². The Balaban J connectivity index is 1.47. The summed E-state index contributed by atoms with van der Waals surface area (Å²) in [5.41, 5.74) is -4.07. The lowest BCUT2D eigenvalue weighted by Gasteiger charge is -2.37. The molecule has 9 rings (SSSR count). The maximum atomic E-state index is 10.3. The fourth-order valence-corrected chi connectivity index (χ4v) is 6.17. The summed E-state index contributed by atoms with van der Waals surface area (Å²) in [7, 11) is 0. The van der Waals surface area contributed by atoms with Crippen LogP contribution in [-0.2, 0) is 5.41 Å². The van der Waals surface area contributed by atoms with Gasteiger partial charge in [0.2, 0.25) is 0 Å². The minimum absolute atomic E-state index is 0.00181. The van der Waals surface area contributed by atoms with Crippen LogP contribution in [0.4, 0.5) is 17.1 Å². The molecular formula is C47H35N. The molecule has 8 aromatic carbocycles. The van der Waals surface area contributed by atoms with E-state index in [9.17, 15) is 9.60 Å². The van der Waals surface area contributed by atoms with Crippen LogP contribution in [0.1, 0.15) is 56.5 Å². The number of rotatable bonds is 5. The van der Waals surface area contributed by atoms with Gasteiger partial charge in [-0.25, -0.2) is 0 Å². The highest BCUT2D eigenvalue weighted by atomic mass is 15.1. The lowest BCUT2D eigenvalue weighted by atomic mass is 9.67. The van der Waals surface area contributed by atoms with Gasteiger partial charge in [-0.05, 0) is 102 Å². The van der Waals surface area contributed by atoms with Gasteiger partial charge in [0.1, 0.15) is 0 Å². The summed E-state index contributed by atoms with van der Waals surface area (Å²) in [5.74, 6) is 0. The topological polar surface area (TPSA) is 3.24 Å². The van der Waals surface area contributed by atoms with Crippen molar-refractivity contribution < 1.29 is 31.5 Å². The van der Waals surface area contributed by atoms with Crippen molar-refractivity contribution in [1.82, 2.24) is 0 Å². The van der Waals surface area contributed by atoms with E-state index in [4.69, 9.17) is 21.9 Å². The van der Waals surface area contributed by atoms with Gasteiger partial charge in [-0.2, -0.15) is 0 Å². The standard InChI is InChI=1S/C47H35N/c1-47(2)43-19-11-18-36-23-28-41(35-15-7-4-8-16-35)46(45(36)43)42-29-27-40(31-44(42)47)48(39-26-22-33-14-9-10-17-37(33)30-39)38-24-20-34(21-25-38)32-12-5-3-6-13-32/h3-31H,1-2H3/i3D,4D,5D,6D,7D,8D,9D,10D,11D,12D,14D,15D,17D,18D,19D,20D,22D,23D,25D,26D,27D,29D,31D. The van der Waals surface area contributed by atoms with Crippen molar-refractivity contribution in [1.29, 1.82) is 0 Å². The second kappa shape index (κ2) is 11.1. The van der Waals surface area contributed by atoms with E-state index >= 15 is 0 Å². The Kier molecular flexibility index (Phi) is 3.08. The molecule has 0 bridgehead atoms. The molecule has 1 aliphatic rings. The number of hydrogen-bond donors (Lipinski definition) is 0. The molecule has 48 heavy (non-hydrogen) atoms. The average Bonchev–Trinajstić information content (AvgIpc) is 3.31. The number of hydrogen-bond acceptors (Lipinski definition) is 1. The molecule has 0 spiro atoms. The lowest BCUT2D eigenvalue weighted by molar-refractivity contribution is 0.645. The number of fused-ring (bicyclic) bond motifs is 3. The first-order valence-corrected chi connectivity index (χ1v) is 14.9. The van der Waals surface area contributed by atoms with Crippen LogP contribution in [-0.4, -0.2) is 0 Å². The molecule has 1 aliphatic carbocycles. The van der Waals surface area contributed by atoms with Crippen molar-refractivity contribution in [3.05, 3.63) is 187 Å². The molecule has 0 amide bonds. The highest BCUT2D eigenvalue weighted by Crippen LogP contribution is 2.53. The molecule has 1 heteroatoms. The molecule has 0 aliphatic heterocycles. The SMILES string of the molecule is [2H]c1cc(N(c2cc3c([2H])c([2H])c([2H])c([2H])c3c([2H])c2[2H])c2c([2H])c([2H])c3c(c2[2H])C(C)(C)c2c([2H])c([2H])c([2H])c4c([2H])cc(-c5cc([2H])c([2H])c([2H])c5[2H])c-3c24)c([2H])cc1-c1cc([2H])c([2H])c([2H])c1[2H]. The predicted molar refractivity (Wildman–Crippen MR) is 205 cm³/mol. The Hall–Kier alpha value is -5.92. The van der Waals surface area contributed by atoms with Crippen LogP contribution in [0.5, 0.6) is 0 Å². The van der Waals surface area contributed by atoms with E-state index in [1.165, 1.54) is 6.07 Å². The minimum atomic E-state index is -1.67. The van der Waals surface area contributed by atoms with Crippen LogP contribution >= 0.6 is 0 Å². The maximum absolute atomic E-state index is 10.3. The second-order valence-corrected chi connectivity index (χ2v) is 11.6. The fraction of sp³-hybridized carbons (Fsp3) is 0.0638. The molecule has 0 radical (unpaired) electrons. The monoisotopic (exact) mass is 636 g/mol. The summed E-state index contributed by atoms with van der Waals surface area (Å²) >= 11 is 0. The van der Waals surface area contributed by atoms with Crippen LogP contribution in [0.3, 0.4) is 0 Å². The number of benzene rings is 8. The molecule has 0 fully saturated rings. The highest BCUT2D eigenvalue weighted by molar-refractivity contribution is 6.09. The van der Waals surface area contributed by atoms with Crippen molar-refractivity contribution in [3.63, 3.8) is 0 Å². The second-order valence-electron chi connectivity index (χ2n) is 11.6. The molecule has 0 aromatic heterocycles. The quantitative estimate of drug-likeness (QED) is 0.182. The van der Waals surface area contributed by atoms with Gasteiger partial charge in [0.05, 0.1) is 31.5 Å². The van der Waals surface area contributed by atoms with Gasteiger partial charge >= 0.3 is 0 Å². The average molecular weight is 637 g/mol. The molecule has 0 N–H and O–H groups in total. The summed E-state index contributed by atoms with van der Waals surface area (Å²) in [4.78, 5) is 0.960. The van der Waals surface area contributed by atoms with Gasteiger partial charge in [0.15, 0.2) is 0 Å². The molecule has 0 saturated heterocycles. The van der Waals surface area contributed by atoms with Crippen LogP contribution in [0.25, 0.3) is 54.9 Å². The maximum Gasteiger partial charge on any atom is 0.0648 e. The molecule has 228 valence electrons. The van der Waals surface area contributed by atoms with Crippen LogP contribution in [0.2, 0.25) is 0 Å². The van der Waals surface area contributed by atoms with Crippen LogP contribution < -0.4 is 4.90 Å². The Labute approximate surface area is 314 Å². The first kappa shape index (κ1) is 13.3. The van der Waals surface area contributed by atoms with Crippen molar-refractivity contribution in [2.45, 2.75) is 19.3 Å². The summed E-state index contributed by atoms with van der Waals surface area (Å²) < 4.78 is 205. The van der Waals surface area contributed by atoms with Gasteiger partial charge in [-0.1, -0.05) is 153 Å². The van der Waals surface area contributed by atoms with E-state index in [0.29, 0.717) is 0 Å². The first-order valence-electron chi connectivity index (χ1n) is 26.4. The van der Waals surface area contributed by atoms with Gasteiger partial charge in [0, 0.05) is 22.5 Å². The van der Waals surface area contributed by atoms with Gasteiger partial charge in [-0.3, -0.25) is 0 Å². The summed E-state index contributed by atoms with van der Waals surface area (Å²) in [5, 5.41) is -0.789. The Morgan fingerprint density at radius 2 is 1.19 bits per heavy atom. The molecule has 0 unspecified atom stereocenters. The predicted octanol–water partition coefficient (Wildman–Crippen LogP) is 13.1. The largest absolute Gasteiger partial charge is 0.310 e. The molecule has 8 aromatic rings. The Bertz CT molecular complexity index is 3790. The zero-order valence-electron chi connectivity index (χ0n) is 48.4. The van der Waals surface area contributed by atoms with E-state index in [1.54, 1.807) is 13.8 Å². The zero-order valence-corrected chi connectivity index (χ0v) is 25.4. The van der Waals surface area contributed by atoms with E-state index in [2.05, 4.69) is 0 Å². The van der Waals surface area contributed by atoms with E-state index in [-0.39, 0.29) is 72.1 Å². The lowest BCUT2D eigenvalue weighted by Crippen LogP contribution is -2.24.